The Hall–Kier alpha value is -2.86. The first-order chi connectivity index (χ1) is 13.6. The fourth-order valence-corrected chi connectivity index (χ4v) is 4.31. The number of hydrogen-bond donors (Lipinski definition) is 1. The molecule has 6 heteroatoms. The smallest absolute Gasteiger partial charge is 0.170 e. The summed E-state index contributed by atoms with van der Waals surface area (Å²) in [6.45, 7) is 5.09. The normalized spacial score (nSPS) is 19.0. The molecule has 0 bridgehead atoms. The van der Waals surface area contributed by atoms with E-state index in [0.29, 0.717) is 0 Å². The van der Waals surface area contributed by atoms with E-state index in [9.17, 15) is 0 Å². The van der Waals surface area contributed by atoms with E-state index < -0.39 is 0 Å². The van der Waals surface area contributed by atoms with Gasteiger partial charge in [-0.15, -0.1) is 0 Å². The Morgan fingerprint density at radius 1 is 1.11 bits per heavy atom. The molecule has 144 valence electrons. The van der Waals surface area contributed by atoms with Crippen molar-refractivity contribution in [1.29, 1.82) is 0 Å². The minimum absolute atomic E-state index is 0.0000478. The molecule has 1 aliphatic heterocycles. The summed E-state index contributed by atoms with van der Waals surface area (Å²) in [5.41, 5.74) is 4.46. The lowest BCUT2D eigenvalue weighted by molar-refractivity contribution is 0.320. The van der Waals surface area contributed by atoms with Crippen molar-refractivity contribution in [2.24, 2.45) is 0 Å². The number of likely N-dealkylation sites (N-methyl/N-ethyl adjacent to an activating group) is 1. The number of benzene rings is 1. The Morgan fingerprint density at radius 2 is 1.89 bits per heavy atom. The Morgan fingerprint density at radius 3 is 2.54 bits per heavy atom. The van der Waals surface area contributed by atoms with Gasteiger partial charge in [0.15, 0.2) is 5.11 Å². The van der Waals surface area contributed by atoms with Crippen LogP contribution in [0.4, 0.5) is 0 Å². The maximum absolute atomic E-state index is 5.65. The highest BCUT2D eigenvalue weighted by atomic mass is 32.1. The molecule has 1 aliphatic rings. The van der Waals surface area contributed by atoms with Crippen molar-refractivity contribution in [2.45, 2.75) is 25.9 Å². The van der Waals surface area contributed by atoms with E-state index in [0.717, 1.165) is 28.8 Å². The summed E-state index contributed by atoms with van der Waals surface area (Å²) in [7, 11) is 1.68. The van der Waals surface area contributed by atoms with Crippen molar-refractivity contribution in [3.63, 3.8) is 0 Å². The largest absolute Gasteiger partial charge is 0.497 e. The van der Waals surface area contributed by atoms with Crippen LogP contribution in [0.3, 0.4) is 0 Å². The van der Waals surface area contributed by atoms with Crippen molar-refractivity contribution in [3.8, 4) is 11.4 Å². The summed E-state index contributed by atoms with van der Waals surface area (Å²) in [6, 6.07) is 18.6. The number of methoxy groups -OCH3 is 1. The molecular formula is C22H24N4OS. The van der Waals surface area contributed by atoms with E-state index in [-0.39, 0.29) is 12.1 Å². The highest BCUT2D eigenvalue weighted by Gasteiger charge is 2.40. The fourth-order valence-electron chi connectivity index (χ4n) is 3.94. The molecule has 1 fully saturated rings. The van der Waals surface area contributed by atoms with Crippen molar-refractivity contribution in [1.82, 2.24) is 19.8 Å². The number of thiocarbonyl (C=S) groups is 1. The highest BCUT2D eigenvalue weighted by molar-refractivity contribution is 7.80. The Labute approximate surface area is 171 Å². The van der Waals surface area contributed by atoms with Crippen LogP contribution in [0.25, 0.3) is 5.69 Å². The third-order valence-electron chi connectivity index (χ3n) is 5.28. The van der Waals surface area contributed by atoms with Crippen LogP contribution < -0.4 is 10.1 Å². The van der Waals surface area contributed by atoms with E-state index in [1.807, 2.05) is 30.5 Å². The van der Waals surface area contributed by atoms with Crippen molar-refractivity contribution in [3.05, 3.63) is 77.9 Å². The van der Waals surface area contributed by atoms with Crippen LogP contribution >= 0.6 is 12.2 Å². The van der Waals surface area contributed by atoms with E-state index in [2.05, 4.69) is 63.9 Å². The van der Waals surface area contributed by atoms with Crippen LogP contribution in [0.2, 0.25) is 0 Å². The summed E-state index contributed by atoms with van der Waals surface area (Å²) < 4.78 is 7.61. The van der Waals surface area contributed by atoms with Crippen LogP contribution in [0.1, 0.15) is 36.1 Å². The molecule has 2 aromatic heterocycles. The van der Waals surface area contributed by atoms with Crippen molar-refractivity contribution >= 4 is 17.3 Å². The molecule has 0 unspecified atom stereocenters. The van der Waals surface area contributed by atoms with E-state index in [1.54, 1.807) is 7.11 Å². The first-order valence-corrected chi connectivity index (χ1v) is 9.85. The van der Waals surface area contributed by atoms with Crippen LogP contribution in [0.15, 0.2) is 60.8 Å². The number of nitrogens with zero attached hydrogens (tertiary/aromatic N) is 3. The van der Waals surface area contributed by atoms with Gasteiger partial charge in [-0.05, 0) is 74.6 Å². The monoisotopic (exact) mass is 392 g/mol. The molecule has 1 N–H and O–H groups in total. The Bertz CT molecular complexity index is 968. The van der Waals surface area contributed by atoms with Crippen LogP contribution in [-0.4, -0.2) is 33.2 Å². The molecule has 0 aliphatic carbocycles. The molecule has 0 spiro atoms. The third-order valence-corrected chi connectivity index (χ3v) is 5.63. The molecule has 2 atom stereocenters. The zero-order valence-electron chi connectivity index (χ0n) is 16.3. The third kappa shape index (κ3) is 3.14. The summed E-state index contributed by atoms with van der Waals surface area (Å²) in [5.74, 6) is 0.848. The van der Waals surface area contributed by atoms with Gasteiger partial charge in [-0.1, -0.05) is 6.07 Å². The summed E-state index contributed by atoms with van der Waals surface area (Å²) >= 11 is 5.65. The summed E-state index contributed by atoms with van der Waals surface area (Å²) in [4.78, 5) is 6.84. The van der Waals surface area contributed by atoms with Gasteiger partial charge < -0.3 is 19.5 Å². The predicted molar refractivity (Wildman–Crippen MR) is 115 cm³/mol. The minimum Gasteiger partial charge on any atom is -0.497 e. The van der Waals surface area contributed by atoms with Crippen LogP contribution in [0, 0.1) is 6.92 Å². The summed E-state index contributed by atoms with van der Waals surface area (Å²) in [6.07, 6.45) is 1.83. The molecule has 5 nitrogen and oxygen atoms in total. The van der Waals surface area contributed by atoms with Gasteiger partial charge in [0, 0.05) is 29.8 Å². The van der Waals surface area contributed by atoms with Crippen molar-refractivity contribution in [2.75, 3.05) is 13.7 Å². The fraction of sp³-hybridized carbons (Fsp3) is 0.273. The van der Waals surface area contributed by atoms with Gasteiger partial charge in [0.05, 0.1) is 24.9 Å². The number of pyridine rings is 1. The van der Waals surface area contributed by atoms with E-state index in [4.69, 9.17) is 17.0 Å². The minimum atomic E-state index is -0.0000478. The first kappa shape index (κ1) is 18.5. The van der Waals surface area contributed by atoms with Crippen LogP contribution in [0.5, 0.6) is 5.75 Å². The number of hydrogen-bond acceptors (Lipinski definition) is 3. The maximum Gasteiger partial charge on any atom is 0.170 e. The first-order valence-electron chi connectivity index (χ1n) is 9.44. The highest BCUT2D eigenvalue weighted by Crippen LogP contribution is 2.40. The molecule has 1 saturated heterocycles. The van der Waals surface area contributed by atoms with Gasteiger partial charge in [-0.25, -0.2) is 0 Å². The molecule has 3 aromatic rings. The molecule has 4 rings (SSSR count). The van der Waals surface area contributed by atoms with Crippen molar-refractivity contribution < 1.29 is 4.74 Å². The van der Waals surface area contributed by atoms with Gasteiger partial charge in [0.25, 0.3) is 0 Å². The second kappa shape index (κ2) is 7.64. The number of rotatable bonds is 5. The summed E-state index contributed by atoms with van der Waals surface area (Å²) in [5, 5.41) is 4.25. The van der Waals surface area contributed by atoms with Gasteiger partial charge in [-0.2, -0.15) is 0 Å². The number of nitrogens with one attached hydrogen (secondary N) is 1. The second-order valence-corrected chi connectivity index (χ2v) is 7.23. The molecule has 0 saturated carbocycles. The van der Waals surface area contributed by atoms with Gasteiger partial charge in [0.2, 0.25) is 0 Å². The van der Waals surface area contributed by atoms with Gasteiger partial charge >= 0.3 is 0 Å². The average Bonchev–Trinajstić information content (AvgIpc) is 3.27. The molecule has 0 amide bonds. The lowest BCUT2D eigenvalue weighted by atomic mass is 10.0. The number of aromatic nitrogens is 2. The Kier molecular flexibility index (Phi) is 5.05. The standard InChI is InChI=1S/C22H24N4OS/c1-4-25-21(20(24-22(25)28)18-7-5-6-14-23-18)19-13-8-15(2)26(19)16-9-11-17(27-3)12-10-16/h5-14,20-21H,4H2,1-3H3,(H,24,28)/t20-,21+/m1/s1. The number of ether oxygens (including phenoxy) is 1. The lowest BCUT2D eigenvalue weighted by Crippen LogP contribution is -2.30. The lowest BCUT2D eigenvalue weighted by Gasteiger charge is -2.28. The van der Waals surface area contributed by atoms with Gasteiger partial charge in [0.1, 0.15) is 5.75 Å². The second-order valence-electron chi connectivity index (χ2n) is 6.85. The SMILES string of the molecule is CCN1C(=S)N[C@H](c2ccccn2)[C@@H]1c1ccc(C)n1-c1ccc(OC)cc1. The van der Waals surface area contributed by atoms with E-state index >= 15 is 0 Å². The predicted octanol–water partition coefficient (Wildman–Crippen LogP) is 4.18. The molecule has 0 radical (unpaired) electrons. The van der Waals surface area contributed by atoms with E-state index in [1.165, 1.54) is 11.4 Å². The molecule has 3 heterocycles. The quantitative estimate of drug-likeness (QED) is 0.660. The average molecular weight is 393 g/mol. The molecule has 1 aromatic carbocycles. The topological polar surface area (TPSA) is 42.3 Å². The van der Waals surface area contributed by atoms with Gasteiger partial charge in [-0.3, -0.25) is 4.98 Å². The Balaban J connectivity index is 1.82. The zero-order valence-corrected chi connectivity index (χ0v) is 17.1. The van der Waals surface area contributed by atoms with Crippen LogP contribution in [-0.2, 0) is 0 Å². The molecule has 28 heavy (non-hydrogen) atoms. The molecular weight excluding hydrogens is 368 g/mol. The maximum atomic E-state index is 5.65. The zero-order chi connectivity index (χ0) is 19.7. The number of aryl methyl sites for hydroxylation is 1.